The van der Waals surface area contributed by atoms with E-state index in [1.807, 2.05) is 0 Å². The van der Waals surface area contributed by atoms with Gasteiger partial charge in [-0.05, 0) is 31.5 Å². The van der Waals surface area contributed by atoms with Crippen LogP contribution in [0.15, 0.2) is 24.3 Å². The van der Waals surface area contributed by atoms with Crippen molar-refractivity contribution < 1.29 is 24.6 Å². The zero-order chi connectivity index (χ0) is 17.6. The van der Waals surface area contributed by atoms with Crippen LogP contribution >= 0.6 is 0 Å². The van der Waals surface area contributed by atoms with Crippen molar-refractivity contribution in [3.63, 3.8) is 0 Å². The van der Waals surface area contributed by atoms with E-state index in [9.17, 15) is 24.6 Å². The molecular weight excluding hydrogens is 302 g/mol. The number of aromatic hydroxyl groups is 1. The zero-order valence-electron chi connectivity index (χ0n) is 12.9. The predicted molar refractivity (Wildman–Crippen MR) is 82.6 cm³/mol. The van der Waals surface area contributed by atoms with Gasteiger partial charge in [-0.1, -0.05) is 12.1 Å². The summed E-state index contributed by atoms with van der Waals surface area (Å²) in [6, 6.07) is 3.18. The molecule has 1 rings (SSSR count). The summed E-state index contributed by atoms with van der Waals surface area (Å²) in [5.41, 5.74) is 6.03. The summed E-state index contributed by atoms with van der Waals surface area (Å²) < 4.78 is 0. The maximum absolute atomic E-state index is 12.0. The van der Waals surface area contributed by atoms with E-state index < -0.39 is 35.9 Å². The van der Waals surface area contributed by atoms with Crippen LogP contribution in [0.1, 0.15) is 19.4 Å². The van der Waals surface area contributed by atoms with Gasteiger partial charge in [0, 0.05) is 6.42 Å². The molecule has 0 radical (unpaired) electrons. The van der Waals surface area contributed by atoms with Crippen LogP contribution in [0, 0.1) is 0 Å². The standard InChI is InChI=1S/C15H21N3O5/c1-8(16)13(20)17-9(2)14(21)18-12(15(22)23)7-10-3-5-11(19)6-4-10/h3-6,8-9,12,19H,7,16H2,1-2H3,(H,17,20)(H,18,21)(H,22,23)/t8-,9+,12-/m0/s1. The van der Waals surface area contributed by atoms with Gasteiger partial charge >= 0.3 is 5.97 Å². The molecule has 126 valence electrons. The lowest BCUT2D eigenvalue weighted by atomic mass is 10.1. The average molecular weight is 323 g/mol. The van der Waals surface area contributed by atoms with Gasteiger partial charge in [0.05, 0.1) is 6.04 Å². The lowest BCUT2D eigenvalue weighted by Gasteiger charge is -2.19. The monoisotopic (exact) mass is 323 g/mol. The second-order valence-corrected chi connectivity index (χ2v) is 5.29. The SMILES string of the molecule is C[C@H](N)C(=O)N[C@H](C)C(=O)N[C@@H](Cc1ccc(O)cc1)C(=O)O. The Bertz CT molecular complexity index is 571. The Morgan fingerprint density at radius 1 is 1.09 bits per heavy atom. The number of phenols is 1. The normalized spacial score (nSPS) is 14.4. The molecule has 1 aromatic carbocycles. The van der Waals surface area contributed by atoms with Gasteiger partial charge in [0.2, 0.25) is 11.8 Å². The Morgan fingerprint density at radius 3 is 2.13 bits per heavy atom. The first-order valence-corrected chi connectivity index (χ1v) is 7.07. The van der Waals surface area contributed by atoms with E-state index in [4.69, 9.17) is 5.73 Å². The minimum atomic E-state index is -1.20. The number of nitrogens with one attached hydrogen (secondary N) is 2. The summed E-state index contributed by atoms with van der Waals surface area (Å²) in [5, 5.41) is 23.2. The van der Waals surface area contributed by atoms with Gasteiger partial charge in [0.15, 0.2) is 0 Å². The third-order valence-corrected chi connectivity index (χ3v) is 3.16. The molecule has 0 unspecified atom stereocenters. The second-order valence-electron chi connectivity index (χ2n) is 5.29. The topological polar surface area (TPSA) is 142 Å². The van der Waals surface area contributed by atoms with Crippen LogP contribution < -0.4 is 16.4 Å². The van der Waals surface area contributed by atoms with Crippen molar-refractivity contribution in [1.29, 1.82) is 0 Å². The smallest absolute Gasteiger partial charge is 0.326 e. The first-order valence-electron chi connectivity index (χ1n) is 7.07. The molecule has 8 heteroatoms. The first-order chi connectivity index (χ1) is 10.7. The first kappa shape index (κ1) is 18.4. The number of amides is 2. The molecule has 0 saturated carbocycles. The van der Waals surface area contributed by atoms with E-state index in [1.54, 1.807) is 12.1 Å². The largest absolute Gasteiger partial charge is 0.508 e. The van der Waals surface area contributed by atoms with Gasteiger partial charge in [-0.15, -0.1) is 0 Å². The molecule has 0 aliphatic heterocycles. The number of nitrogens with two attached hydrogens (primary N) is 1. The highest BCUT2D eigenvalue weighted by Gasteiger charge is 2.24. The number of carboxylic acids is 1. The number of carbonyl (C=O) groups is 3. The van der Waals surface area contributed by atoms with Crippen molar-refractivity contribution in [2.45, 2.75) is 38.4 Å². The zero-order valence-corrected chi connectivity index (χ0v) is 12.9. The van der Waals surface area contributed by atoms with E-state index in [1.165, 1.54) is 26.0 Å². The summed E-state index contributed by atoms with van der Waals surface area (Å²) in [6.45, 7) is 2.92. The van der Waals surface area contributed by atoms with Gasteiger partial charge in [0.1, 0.15) is 17.8 Å². The van der Waals surface area contributed by atoms with Gasteiger partial charge in [-0.25, -0.2) is 4.79 Å². The van der Waals surface area contributed by atoms with Crippen LogP contribution in [0.4, 0.5) is 0 Å². The molecule has 2 amide bonds. The van der Waals surface area contributed by atoms with Crippen molar-refractivity contribution in [1.82, 2.24) is 10.6 Å². The van der Waals surface area contributed by atoms with Crippen LogP contribution in [0.25, 0.3) is 0 Å². The van der Waals surface area contributed by atoms with E-state index in [2.05, 4.69) is 10.6 Å². The Balaban J connectivity index is 2.68. The maximum atomic E-state index is 12.0. The summed E-state index contributed by atoms with van der Waals surface area (Å²) in [5.74, 6) is -2.25. The Morgan fingerprint density at radius 2 is 1.65 bits per heavy atom. The third-order valence-electron chi connectivity index (χ3n) is 3.16. The number of carbonyl (C=O) groups excluding carboxylic acids is 2. The number of phenolic OH excluding ortho intramolecular Hbond substituents is 1. The number of rotatable bonds is 7. The molecule has 0 heterocycles. The molecule has 3 atom stereocenters. The van der Waals surface area contributed by atoms with Crippen LogP contribution in [0.5, 0.6) is 5.75 Å². The number of hydrogen-bond acceptors (Lipinski definition) is 5. The molecule has 0 spiro atoms. The van der Waals surface area contributed by atoms with E-state index in [0.29, 0.717) is 5.56 Å². The van der Waals surface area contributed by atoms with Crippen molar-refractivity contribution in [3.05, 3.63) is 29.8 Å². The van der Waals surface area contributed by atoms with Crippen LogP contribution in [0.3, 0.4) is 0 Å². The quantitative estimate of drug-likeness (QED) is 0.452. The number of hydrogen-bond donors (Lipinski definition) is 5. The Labute approximate surface area is 133 Å². The molecule has 1 aromatic rings. The minimum absolute atomic E-state index is 0.0509. The second kappa shape index (κ2) is 8.14. The molecule has 0 aliphatic rings. The number of aliphatic carboxylic acids is 1. The fraction of sp³-hybridized carbons (Fsp3) is 0.400. The highest BCUT2D eigenvalue weighted by molar-refractivity contribution is 5.91. The molecule has 8 nitrogen and oxygen atoms in total. The van der Waals surface area contributed by atoms with Crippen LogP contribution in [-0.2, 0) is 20.8 Å². The Kier molecular flexibility index (Phi) is 6.52. The number of benzene rings is 1. The molecule has 0 bridgehead atoms. The van der Waals surface area contributed by atoms with Crippen molar-refractivity contribution in [3.8, 4) is 5.75 Å². The maximum Gasteiger partial charge on any atom is 0.326 e. The van der Waals surface area contributed by atoms with Gasteiger partial charge in [0.25, 0.3) is 0 Å². The van der Waals surface area contributed by atoms with Crippen molar-refractivity contribution in [2.24, 2.45) is 5.73 Å². The molecule has 0 aromatic heterocycles. The average Bonchev–Trinajstić information content (AvgIpc) is 2.48. The molecule has 0 aliphatic carbocycles. The minimum Gasteiger partial charge on any atom is -0.508 e. The van der Waals surface area contributed by atoms with Crippen LogP contribution in [-0.4, -0.2) is 46.1 Å². The highest BCUT2D eigenvalue weighted by Crippen LogP contribution is 2.11. The summed E-state index contributed by atoms with van der Waals surface area (Å²) in [4.78, 5) is 34.7. The summed E-state index contributed by atoms with van der Waals surface area (Å²) >= 11 is 0. The predicted octanol–water partition coefficient (Wildman–Crippen LogP) is -0.644. The van der Waals surface area contributed by atoms with Crippen molar-refractivity contribution >= 4 is 17.8 Å². The van der Waals surface area contributed by atoms with E-state index >= 15 is 0 Å². The molecule has 0 fully saturated rings. The van der Waals surface area contributed by atoms with E-state index in [0.717, 1.165) is 0 Å². The van der Waals surface area contributed by atoms with Gasteiger partial charge in [-0.2, -0.15) is 0 Å². The molecule has 0 saturated heterocycles. The van der Waals surface area contributed by atoms with Gasteiger partial charge < -0.3 is 26.6 Å². The summed E-state index contributed by atoms with van der Waals surface area (Å²) in [6.07, 6.45) is 0.0509. The fourth-order valence-corrected chi connectivity index (χ4v) is 1.77. The highest BCUT2D eigenvalue weighted by atomic mass is 16.4. The number of carboxylic acid groups (broad SMARTS) is 1. The fourth-order valence-electron chi connectivity index (χ4n) is 1.77. The van der Waals surface area contributed by atoms with E-state index in [-0.39, 0.29) is 12.2 Å². The van der Waals surface area contributed by atoms with Crippen molar-refractivity contribution in [2.75, 3.05) is 0 Å². The van der Waals surface area contributed by atoms with Crippen LogP contribution in [0.2, 0.25) is 0 Å². The lowest BCUT2D eigenvalue weighted by Crippen LogP contribution is -2.53. The molecule has 6 N–H and O–H groups in total. The lowest BCUT2D eigenvalue weighted by molar-refractivity contribution is -0.142. The Hall–Kier alpha value is -2.61. The summed E-state index contributed by atoms with van der Waals surface area (Å²) in [7, 11) is 0. The van der Waals surface area contributed by atoms with Gasteiger partial charge in [-0.3, -0.25) is 9.59 Å². The molecule has 23 heavy (non-hydrogen) atoms. The third kappa shape index (κ3) is 5.95. The molecular formula is C15H21N3O5.